The summed E-state index contributed by atoms with van der Waals surface area (Å²) < 4.78 is 10.2. The van der Waals surface area contributed by atoms with Crippen LogP contribution in [0, 0.1) is 0 Å². The third-order valence-corrected chi connectivity index (χ3v) is 2.57. The van der Waals surface area contributed by atoms with Crippen LogP contribution in [0.15, 0.2) is 0 Å². The first-order valence-electron chi connectivity index (χ1n) is 5.76. The molecule has 0 atom stereocenters. The van der Waals surface area contributed by atoms with Crippen LogP contribution in [0.25, 0.3) is 0 Å². The van der Waals surface area contributed by atoms with Crippen molar-refractivity contribution in [2.75, 3.05) is 40.0 Å². The maximum Gasteiger partial charge on any atom is 0.317 e. The molecule has 0 saturated heterocycles. The molecule has 5 heteroatoms. The number of carboxylic acid groups (broad SMARTS) is 1. The van der Waals surface area contributed by atoms with Crippen molar-refractivity contribution in [3.05, 3.63) is 0 Å². The van der Waals surface area contributed by atoms with Crippen molar-refractivity contribution in [1.82, 2.24) is 4.90 Å². The van der Waals surface area contributed by atoms with Crippen molar-refractivity contribution in [2.24, 2.45) is 0 Å². The lowest BCUT2D eigenvalue weighted by Gasteiger charge is -2.19. The molecule has 16 heavy (non-hydrogen) atoms. The SMILES string of the molecule is COCCOCCCN(CC(=O)O)C1CC1. The Hall–Kier alpha value is -0.650. The van der Waals surface area contributed by atoms with E-state index in [9.17, 15) is 4.79 Å². The van der Waals surface area contributed by atoms with Crippen molar-refractivity contribution in [3.8, 4) is 0 Å². The zero-order valence-corrected chi connectivity index (χ0v) is 9.85. The lowest BCUT2D eigenvalue weighted by Crippen LogP contribution is -2.33. The highest BCUT2D eigenvalue weighted by atomic mass is 16.5. The number of aliphatic carboxylic acids is 1. The number of ether oxygens (including phenoxy) is 2. The van der Waals surface area contributed by atoms with Crippen LogP contribution in [0.2, 0.25) is 0 Å². The highest BCUT2D eigenvalue weighted by Gasteiger charge is 2.29. The molecule has 0 amide bonds. The number of rotatable bonds is 10. The zero-order chi connectivity index (χ0) is 11.8. The van der Waals surface area contributed by atoms with Crippen molar-refractivity contribution in [2.45, 2.75) is 25.3 Å². The van der Waals surface area contributed by atoms with E-state index in [1.54, 1.807) is 7.11 Å². The number of nitrogens with zero attached hydrogens (tertiary/aromatic N) is 1. The molecule has 0 heterocycles. The number of methoxy groups -OCH3 is 1. The van der Waals surface area contributed by atoms with Gasteiger partial charge >= 0.3 is 5.97 Å². The molecule has 1 rings (SSSR count). The summed E-state index contributed by atoms with van der Waals surface area (Å²) in [6.45, 7) is 2.86. The molecule has 1 aliphatic rings. The van der Waals surface area contributed by atoms with Gasteiger partial charge in [-0.3, -0.25) is 9.69 Å². The number of hydrogen-bond donors (Lipinski definition) is 1. The van der Waals surface area contributed by atoms with Gasteiger partial charge in [0.15, 0.2) is 0 Å². The van der Waals surface area contributed by atoms with Crippen LogP contribution in [0.4, 0.5) is 0 Å². The summed E-state index contributed by atoms with van der Waals surface area (Å²) in [6.07, 6.45) is 3.16. The average Bonchev–Trinajstić information content (AvgIpc) is 3.04. The minimum atomic E-state index is -0.743. The smallest absolute Gasteiger partial charge is 0.317 e. The van der Waals surface area contributed by atoms with Crippen LogP contribution in [-0.4, -0.2) is 62.0 Å². The Morgan fingerprint density at radius 3 is 2.69 bits per heavy atom. The molecule has 1 saturated carbocycles. The first-order chi connectivity index (χ1) is 7.74. The van der Waals surface area contributed by atoms with Crippen molar-refractivity contribution >= 4 is 5.97 Å². The molecule has 0 aromatic heterocycles. The first-order valence-corrected chi connectivity index (χ1v) is 5.76. The summed E-state index contributed by atoms with van der Waals surface area (Å²) in [7, 11) is 1.64. The Bertz CT molecular complexity index is 206. The van der Waals surface area contributed by atoms with E-state index in [0.717, 1.165) is 25.8 Å². The van der Waals surface area contributed by atoms with Gasteiger partial charge in [-0.05, 0) is 19.3 Å². The van der Waals surface area contributed by atoms with E-state index in [2.05, 4.69) is 0 Å². The molecule has 94 valence electrons. The third kappa shape index (κ3) is 6.05. The van der Waals surface area contributed by atoms with Crippen LogP contribution in [0.3, 0.4) is 0 Å². The van der Waals surface area contributed by atoms with Crippen LogP contribution in [0.5, 0.6) is 0 Å². The molecule has 0 spiro atoms. The maximum absolute atomic E-state index is 10.6. The summed E-state index contributed by atoms with van der Waals surface area (Å²) in [5.41, 5.74) is 0. The summed E-state index contributed by atoms with van der Waals surface area (Å²) in [6, 6.07) is 0.495. The number of hydrogen-bond acceptors (Lipinski definition) is 4. The molecule has 0 unspecified atom stereocenters. The van der Waals surface area contributed by atoms with Crippen LogP contribution in [0.1, 0.15) is 19.3 Å². The molecule has 1 fully saturated rings. The molecular formula is C11H21NO4. The molecule has 0 radical (unpaired) electrons. The second-order valence-electron chi connectivity index (χ2n) is 4.05. The summed E-state index contributed by atoms with van der Waals surface area (Å²) >= 11 is 0. The number of carbonyl (C=O) groups is 1. The van der Waals surface area contributed by atoms with Gasteiger partial charge in [0.25, 0.3) is 0 Å². The molecule has 0 aromatic carbocycles. The predicted molar refractivity (Wildman–Crippen MR) is 59.5 cm³/mol. The standard InChI is InChI=1S/C11H21NO4/c1-15-7-8-16-6-2-5-12(9-11(13)14)10-3-4-10/h10H,2-9H2,1H3,(H,13,14). The first kappa shape index (κ1) is 13.4. The minimum absolute atomic E-state index is 0.155. The van der Waals surface area contributed by atoms with E-state index < -0.39 is 5.97 Å². The van der Waals surface area contributed by atoms with Crippen LogP contribution in [-0.2, 0) is 14.3 Å². The lowest BCUT2D eigenvalue weighted by molar-refractivity contribution is -0.138. The fourth-order valence-electron chi connectivity index (χ4n) is 1.62. The Kier molecular flexibility index (Phi) is 6.37. The Balaban J connectivity index is 2.01. The third-order valence-electron chi connectivity index (χ3n) is 2.57. The summed E-state index contributed by atoms with van der Waals surface area (Å²) in [5, 5.41) is 8.74. The lowest BCUT2D eigenvalue weighted by atomic mass is 10.3. The Morgan fingerprint density at radius 1 is 1.38 bits per heavy atom. The van der Waals surface area contributed by atoms with E-state index in [1.165, 1.54) is 0 Å². The molecule has 0 aliphatic heterocycles. The fourth-order valence-corrected chi connectivity index (χ4v) is 1.62. The maximum atomic E-state index is 10.6. The van der Waals surface area contributed by atoms with Gasteiger partial charge in [0, 0.05) is 26.3 Å². The van der Waals surface area contributed by atoms with Gasteiger partial charge in [0.05, 0.1) is 19.8 Å². The van der Waals surface area contributed by atoms with Crippen molar-refractivity contribution < 1.29 is 19.4 Å². The molecule has 0 aromatic rings. The minimum Gasteiger partial charge on any atom is -0.480 e. The fraction of sp³-hybridized carbons (Fsp3) is 0.909. The molecule has 0 bridgehead atoms. The van der Waals surface area contributed by atoms with E-state index in [0.29, 0.717) is 25.9 Å². The molecular weight excluding hydrogens is 210 g/mol. The van der Waals surface area contributed by atoms with Gasteiger partial charge in [-0.25, -0.2) is 0 Å². The Morgan fingerprint density at radius 2 is 2.12 bits per heavy atom. The zero-order valence-electron chi connectivity index (χ0n) is 9.85. The van der Waals surface area contributed by atoms with Crippen molar-refractivity contribution in [3.63, 3.8) is 0 Å². The van der Waals surface area contributed by atoms with Gasteiger partial charge < -0.3 is 14.6 Å². The highest BCUT2D eigenvalue weighted by molar-refractivity contribution is 5.69. The average molecular weight is 231 g/mol. The molecule has 1 N–H and O–H groups in total. The van der Waals surface area contributed by atoms with Gasteiger partial charge in [0.2, 0.25) is 0 Å². The monoisotopic (exact) mass is 231 g/mol. The topological polar surface area (TPSA) is 59.0 Å². The molecule has 1 aliphatic carbocycles. The predicted octanol–water partition coefficient (Wildman–Crippen LogP) is 0.589. The van der Waals surface area contributed by atoms with E-state index in [-0.39, 0.29) is 6.54 Å². The van der Waals surface area contributed by atoms with E-state index >= 15 is 0 Å². The van der Waals surface area contributed by atoms with Gasteiger partial charge in [0.1, 0.15) is 0 Å². The van der Waals surface area contributed by atoms with Crippen LogP contribution < -0.4 is 0 Å². The van der Waals surface area contributed by atoms with E-state index in [4.69, 9.17) is 14.6 Å². The van der Waals surface area contributed by atoms with Crippen LogP contribution >= 0.6 is 0 Å². The second-order valence-corrected chi connectivity index (χ2v) is 4.05. The Labute approximate surface area is 96.3 Å². The quantitative estimate of drug-likeness (QED) is 0.558. The van der Waals surface area contributed by atoms with E-state index in [1.807, 2.05) is 4.90 Å². The summed E-state index contributed by atoms with van der Waals surface area (Å²) in [4.78, 5) is 12.7. The van der Waals surface area contributed by atoms with Crippen molar-refractivity contribution in [1.29, 1.82) is 0 Å². The normalized spacial score (nSPS) is 15.6. The highest BCUT2D eigenvalue weighted by Crippen LogP contribution is 2.26. The second kappa shape index (κ2) is 7.60. The molecule has 5 nitrogen and oxygen atoms in total. The van der Waals surface area contributed by atoms with Gasteiger partial charge in [-0.1, -0.05) is 0 Å². The number of carboxylic acids is 1. The van der Waals surface area contributed by atoms with Gasteiger partial charge in [-0.15, -0.1) is 0 Å². The largest absolute Gasteiger partial charge is 0.480 e. The summed E-state index contributed by atoms with van der Waals surface area (Å²) in [5.74, 6) is -0.743. The van der Waals surface area contributed by atoms with Gasteiger partial charge in [-0.2, -0.15) is 0 Å².